The monoisotopic (exact) mass is 438 g/mol. The maximum absolute atomic E-state index is 4.11. The van der Waals surface area contributed by atoms with Gasteiger partial charge >= 0.3 is 0 Å². The average Bonchev–Trinajstić information content (AvgIpc) is 3.07. The third-order valence-electron chi connectivity index (χ3n) is 3.39. The topological polar surface area (TPSA) is 55.6 Å². The highest BCUT2D eigenvalue weighted by atomic mass is 79.9. The molecule has 0 saturated heterocycles. The van der Waals surface area contributed by atoms with Crippen LogP contribution in [0.25, 0.3) is 5.69 Å². The van der Waals surface area contributed by atoms with Gasteiger partial charge in [0.25, 0.3) is 0 Å². The summed E-state index contributed by atoms with van der Waals surface area (Å²) in [5.74, 6) is 0.971. The van der Waals surface area contributed by atoms with Crippen molar-refractivity contribution in [2.45, 2.75) is 18.1 Å². The number of para-hydroxylation sites is 1. The highest BCUT2D eigenvalue weighted by molar-refractivity contribution is 9.10. The second-order valence-corrected chi connectivity index (χ2v) is 7.20. The molecule has 0 aliphatic rings. The molecular formula is C17H18BrClN5S-. The zero-order chi connectivity index (χ0) is 16.6. The van der Waals surface area contributed by atoms with Gasteiger partial charge in [-0.25, -0.2) is 0 Å². The number of nitrogens with one attached hydrogen (secondary N) is 1. The molecule has 0 bridgehead atoms. The Morgan fingerprint density at radius 1 is 1.08 bits per heavy atom. The van der Waals surface area contributed by atoms with Gasteiger partial charge in [0, 0.05) is 16.8 Å². The van der Waals surface area contributed by atoms with Crippen LogP contribution in [-0.4, -0.2) is 32.5 Å². The smallest absolute Gasteiger partial charge is 0.214 e. The molecule has 0 unspecified atom stereocenters. The Labute approximate surface area is 166 Å². The molecule has 0 amide bonds. The molecule has 0 saturated carbocycles. The van der Waals surface area contributed by atoms with Gasteiger partial charge in [0.1, 0.15) is 0 Å². The molecule has 3 aromatic rings. The first-order valence-corrected chi connectivity index (χ1v) is 9.52. The summed E-state index contributed by atoms with van der Waals surface area (Å²) in [7, 11) is 0. The fourth-order valence-electron chi connectivity index (χ4n) is 2.24. The Bertz CT molecular complexity index is 768. The number of halogens is 2. The number of nitrogens with zero attached hydrogens (tertiary/aromatic N) is 4. The van der Waals surface area contributed by atoms with E-state index in [-0.39, 0.29) is 12.4 Å². The van der Waals surface area contributed by atoms with E-state index in [1.807, 2.05) is 36.4 Å². The minimum absolute atomic E-state index is 0. The van der Waals surface area contributed by atoms with Crippen molar-refractivity contribution in [2.24, 2.45) is 0 Å². The van der Waals surface area contributed by atoms with Crippen molar-refractivity contribution in [3.8, 4) is 5.69 Å². The molecule has 0 radical (unpaired) electrons. The lowest BCUT2D eigenvalue weighted by Crippen LogP contribution is -3.00. The lowest BCUT2D eigenvalue weighted by molar-refractivity contribution is -0.00000484. The molecule has 1 aromatic heterocycles. The van der Waals surface area contributed by atoms with Crippen LogP contribution in [0.4, 0.5) is 0 Å². The Kier molecular flexibility index (Phi) is 8.40. The van der Waals surface area contributed by atoms with E-state index in [4.69, 9.17) is 0 Å². The summed E-state index contributed by atoms with van der Waals surface area (Å²) < 4.78 is 2.89. The first-order chi connectivity index (χ1) is 11.8. The van der Waals surface area contributed by atoms with Crippen LogP contribution in [0.3, 0.4) is 0 Å². The third kappa shape index (κ3) is 6.11. The van der Waals surface area contributed by atoms with Crippen LogP contribution in [0.1, 0.15) is 12.0 Å². The molecule has 0 atom stereocenters. The van der Waals surface area contributed by atoms with Crippen molar-refractivity contribution < 1.29 is 12.4 Å². The van der Waals surface area contributed by atoms with E-state index >= 15 is 0 Å². The van der Waals surface area contributed by atoms with E-state index < -0.39 is 0 Å². The Balaban J connectivity index is 0.00000225. The summed E-state index contributed by atoms with van der Waals surface area (Å²) in [6.07, 6.45) is 1.06. The fraction of sp³-hybridized carbons (Fsp3) is 0.235. The van der Waals surface area contributed by atoms with E-state index in [2.05, 4.69) is 55.0 Å². The maximum Gasteiger partial charge on any atom is 0.214 e. The molecule has 1 heterocycles. The summed E-state index contributed by atoms with van der Waals surface area (Å²) in [6, 6.07) is 18.3. The number of tetrazole rings is 1. The lowest BCUT2D eigenvalue weighted by Gasteiger charge is -2.06. The van der Waals surface area contributed by atoms with Gasteiger partial charge in [-0.3, -0.25) is 0 Å². The van der Waals surface area contributed by atoms with Gasteiger partial charge in [-0.2, -0.15) is 4.68 Å². The zero-order valence-corrected chi connectivity index (χ0v) is 16.6. The van der Waals surface area contributed by atoms with Crippen molar-refractivity contribution in [1.29, 1.82) is 0 Å². The van der Waals surface area contributed by atoms with Gasteiger partial charge in [0.15, 0.2) is 0 Å². The predicted octanol–water partition coefficient (Wildman–Crippen LogP) is 0.701. The fourth-order valence-corrected chi connectivity index (χ4v) is 3.52. The predicted molar refractivity (Wildman–Crippen MR) is 100 cm³/mol. The third-order valence-corrected chi connectivity index (χ3v) is 4.89. The summed E-state index contributed by atoms with van der Waals surface area (Å²) in [5, 5.41) is 16.2. The van der Waals surface area contributed by atoms with Gasteiger partial charge in [-0.05, 0) is 53.2 Å². The largest absolute Gasteiger partial charge is 1.00 e. The van der Waals surface area contributed by atoms with Crippen molar-refractivity contribution in [3.63, 3.8) is 0 Å². The van der Waals surface area contributed by atoms with E-state index in [1.54, 1.807) is 16.4 Å². The van der Waals surface area contributed by atoms with Crippen molar-refractivity contribution >= 4 is 27.7 Å². The molecule has 0 fully saturated rings. The number of benzene rings is 2. The first kappa shape index (κ1) is 19.9. The maximum atomic E-state index is 4.11. The van der Waals surface area contributed by atoms with Crippen molar-refractivity contribution in [2.75, 3.05) is 12.3 Å². The quantitative estimate of drug-likeness (QED) is 0.414. The second-order valence-electron chi connectivity index (χ2n) is 5.22. The van der Waals surface area contributed by atoms with Crippen LogP contribution < -0.4 is 17.7 Å². The molecule has 0 aliphatic carbocycles. The standard InChI is InChI=1S/C17H18BrN5S.ClH/c18-15-7-4-6-14(12-15)13-19-10-5-11-24-17-20-21-22-23(17)16-8-2-1-3-9-16;/h1-4,6-9,12,19H,5,10-11,13H2;1H/p-1. The first-order valence-electron chi connectivity index (χ1n) is 7.75. The van der Waals surface area contributed by atoms with Crippen molar-refractivity contribution in [3.05, 3.63) is 64.6 Å². The van der Waals surface area contributed by atoms with Crippen molar-refractivity contribution in [1.82, 2.24) is 25.5 Å². The number of aromatic nitrogens is 4. The Morgan fingerprint density at radius 3 is 2.72 bits per heavy atom. The average molecular weight is 440 g/mol. The molecule has 2 aromatic carbocycles. The molecule has 0 spiro atoms. The molecule has 3 rings (SSSR count). The summed E-state index contributed by atoms with van der Waals surface area (Å²) >= 11 is 5.17. The Hall–Kier alpha value is -1.41. The minimum Gasteiger partial charge on any atom is -1.00 e. The van der Waals surface area contributed by atoms with Crippen LogP contribution in [-0.2, 0) is 6.54 Å². The Morgan fingerprint density at radius 2 is 1.92 bits per heavy atom. The van der Waals surface area contributed by atoms with Crippen LogP contribution in [0.15, 0.2) is 64.2 Å². The van der Waals surface area contributed by atoms with Gasteiger partial charge in [-0.15, -0.1) is 5.10 Å². The summed E-state index contributed by atoms with van der Waals surface area (Å²) in [4.78, 5) is 0. The van der Waals surface area contributed by atoms with Gasteiger partial charge in [0.05, 0.1) is 5.69 Å². The number of hydrogen-bond donors (Lipinski definition) is 1. The number of thioether (sulfide) groups is 1. The molecule has 132 valence electrons. The van der Waals surface area contributed by atoms with Crippen LogP contribution in [0, 0.1) is 0 Å². The molecule has 8 heteroatoms. The summed E-state index contributed by atoms with van der Waals surface area (Å²) in [6.45, 7) is 1.85. The molecule has 25 heavy (non-hydrogen) atoms. The van der Waals surface area contributed by atoms with E-state index in [0.717, 1.165) is 40.6 Å². The highest BCUT2D eigenvalue weighted by Gasteiger charge is 2.07. The second kappa shape index (κ2) is 10.6. The number of rotatable bonds is 8. The van der Waals surface area contributed by atoms with Gasteiger partial charge in [0.2, 0.25) is 5.16 Å². The SMILES string of the molecule is Brc1cccc(CNCCCSc2nnnn2-c2ccccc2)c1.[Cl-]. The van der Waals surface area contributed by atoms with Gasteiger partial charge in [-0.1, -0.05) is 58.0 Å². The minimum atomic E-state index is 0. The van der Waals surface area contributed by atoms with Crippen LogP contribution in [0.5, 0.6) is 0 Å². The van der Waals surface area contributed by atoms with Crippen LogP contribution >= 0.6 is 27.7 Å². The molecule has 5 nitrogen and oxygen atoms in total. The lowest BCUT2D eigenvalue weighted by atomic mass is 10.2. The number of hydrogen-bond acceptors (Lipinski definition) is 5. The molecular weight excluding hydrogens is 422 g/mol. The molecule has 1 N–H and O–H groups in total. The zero-order valence-electron chi connectivity index (χ0n) is 13.5. The van der Waals surface area contributed by atoms with E-state index in [9.17, 15) is 0 Å². The van der Waals surface area contributed by atoms with Gasteiger partial charge < -0.3 is 17.7 Å². The highest BCUT2D eigenvalue weighted by Crippen LogP contribution is 2.18. The van der Waals surface area contributed by atoms with E-state index in [0.29, 0.717) is 0 Å². The normalized spacial score (nSPS) is 10.4. The summed E-state index contributed by atoms with van der Waals surface area (Å²) in [5.41, 5.74) is 2.27. The molecule has 0 aliphatic heterocycles. The van der Waals surface area contributed by atoms with Crippen LogP contribution in [0.2, 0.25) is 0 Å². The van der Waals surface area contributed by atoms with E-state index in [1.165, 1.54) is 5.56 Å².